The Hall–Kier alpha value is -4.95. The molecule has 0 bridgehead atoms. The van der Waals surface area contributed by atoms with Crippen molar-refractivity contribution >= 4 is 41.3 Å². The van der Waals surface area contributed by atoms with Crippen molar-refractivity contribution in [3.8, 4) is 11.5 Å². The Labute approximate surface area is 236 Å². The van der Waals surface area contributed by atoms with E-state index in [9.17, 15) is 14.4 Å². The van der Waals surface area contributed by atoms with Gasteiger partial charge in [0.25, 0.3) is 11.8 Å². The van der Waals surface area contributed by atoms with Gasteiger partial charge in [-0.3, -0.25) is 14.4 Å². The van der Waals surface area contributed by atoms with Crippen molar-refractivity contribution in [1.82, 2.24) is 5.43 Å². The zero-order valence-corrected chi connectivity index (χ0v) is 22.4. The van der Waals surface area contributed by atoms with Crippen LogP contribution in [-0.4, -0.2) is 30.6 Å². The average Bonchev–Trinajstić information content (AvgIpc) is 2.95. The summed E-state index contributed by atoms with van der Waals surface area (Å²) in [5.41, 5.74) is 5.31. The number of carbonyl (C=O) groups is 3. The number of nitrogens with one attached hydrogen (secondary N) is 2. The minimum absolute atomic E-state index is 0.136. The minimum atomic E-state index is -0.427. The number of benzene rings is 4. The number of hydrogen-bond donors (Lipinski definition) is 2. The number of esters is 1. The second-order valence-corrected chi connectivity index (χ2v) is 8.95. The van der Waals surface area contributed by atoms with E-state index < -0.39 is 11.9 Å². The molecule has 0 spiro atoms. The minimum Gasteiger partial charge on any atom is -0.490 e. The molecule has 0 fully saturated rings. The molecular formula is C31H26ClN3O5. The summed E-state index contributed by atoms with van der Waals surface area (Å²) in [5, 5.41) is 7.32. The van der Waals surface area contributed by atoms with Crippen molar-refractivity contribution in [3.63, 3.8) is 0 Å². The van der Waals surface area contributed by atoms with Crippen molar-refractivity contribution in [2.45, 2.75) is 13.3 Å². The fourth-order valence-corrected chi connectivity index (χ4v) is 3.74. The molecule has 0 atom stereocenters. The maximum absolute atomic E-state index is 12.5. The Balaban J connectivity index is 1.33. The largest absolute Gasteiger partial charge is 0.490 e. The number of ether oxygens (including phenoxy) is 2. The third kappa shape index (κ3) is 8.02. The van der Waals surface area contributed by atoms with Gasteiger partial charge in [-0.1, -0.05) is 41.9 Å². The fourth-order valence-electron chi connectivity index (χ4n) is 3.62. The Morgan fingerprint density at radius 3 is 2.20 bits per heavy atom. The highest BCUT2D eigenvalue weighted by Gasteiger charge is 2.12. The lowest BCUT2D eigenvalue weighted by atomic mass is 10.1. The van der Waals surface area contributed by atoms with E-state index >= 15 is 0 Å². The summed E-state index contributed by atoms with van der Waals surface area (Å²) in [4.78, 5) is 37.2. The lowest BCUT2D eigenvalue weighted by molar-refractivity contribution is -0.133. The first-order chi connectivity index (χ1) is 19.4. The van der Waals surface area contributed by atoms with Crippen LogP contribution in [0.1, 0.15) is 38.8 Å². The van der Waals surface area contributed by atoms with Crippen LogP contribution in [-0.2, 0) is 11.2 Å². The standard InChI is InChI=1S/C31H26ClN3O5/c1-2-39-28-18-22(8-17-27(28)40-29(36)19-21-6-4-3-5-7-21)20-33-35-31(38)24-11-15-26(16-12-24)34-30(37)23-9-13-25(32)14-10-23/h3-18,20H,2,19H2,1H3,(H,34,37)(H,35,38)/b33-20-. The molecule has 9 heteroatoms. The molecule has 4 rings (SSSR count). The van der Waals surface area contributed by atoms with E-state index in [0.29, 0.717) is 45.5 Å². The van der Waals surface area contributed by atoms with Gasteiger partial charge in [0, 0.05) is 21.8 Å². The summed E-state index contributed by atoms with van der Waals surface area (Å²) in [7, 11) is 0. The summed E-state index contributed by atoms with van der Waals surface area (Å²) < 4.78 is 11.1. The molecule has 8 nitrogen and oxygen atoms in total. The van der Waals surface area contributed by atoms with E-state index in [1.54, 1.807) is 66.7 Å². The van der Waals surface area contributed by atoms with Crippen LogP contribution in [0.4, 0.5) is 5.69 Å². The number of hydrogen-bond acceptors (Lipinski definition) is 6. The highest BCUT2D eigenvalue weighted by molar-refractivity contribution is 6.30. The third-order valence-electron chi connectivity index (χ3n) is 5.57. The van der Waals surface area contributed by atoms with Crippen LogP contribution in [0.2, 0.25) is 5.02 Å². The topological polar surface area (TPSA) is 106 Å². The molecule has 0 saturated heterocycles. The Morgan fingerprint density at radius 1 is 0.825 bits per heavy atom. The van der Waals surface area contributed by atoms with Gasteiger partial charge in [0.2, 0.25) is 0 Å². The van der Waals surface area contributed by atoms with Gasteiger partial charge in [0.15, 0.2) is 11.5 Å². The van der Waals surface area contributed by atoms with Gasteiger partial charge in [0.05, 0.1) is 19.2 Å². The van der Waals surface area contributed by atoms with Crippen LogP contribution in [0.3, 0.4) is 0 Å². The molecule has 4 aromatic carbocycles. The van der Waals surface area contributed by atoms with Crippen LogP contribution >= 0.6 is 11.6 Å². The van der Waals surface area contributed by atoms with Crippen LogP contribution in [0.25, 0.3) is 0 Å². The molecule has 0 heterocycles. The average molecular weight is 556 g/mol. The van der Waals surface area contributed by atoms with Crippen molar-refractivity contribution in [1.29, 1.82) is 0 Å². The predicted octanol–water partition coefficient (Wildman–Crippen LogP) is 5.90. The molecule has 0 radical (unpaired) electrons. The van der Waals surface area contributed by atoms with Gasteiger partial charge in [-0.25, -0.2) is 5.43 Å². The monoisotopic (exact) mass is 555 g/mol. The molecule has 0 aliphatic rings. The van der Waals surface area contributed by atoms with Crippen molar-refractivity contribution < 1.29 is 23.9 Å². The lowest BCUT2D eigenvalue weighted by Crippen LogP contribution is -2.18. The zero-order valence-electron chi connectivity index (χ0n) is 21.6. The van der Waals surface area contributed by atoms with Crippen molar-refractivity contribution in [2.24, 2.45) is 5.10 Å². The maximum atomic E-state index is 12.5. The predicted molar refractivity (Wildman–Crippen MR) is 154 cm³/mol. The highest BCUT2D eigenvalue weighted by atomic mass is 35.5. The van der Waals surface area contributed by atoms with Crippen LogP contribution < -0.4 is 20.2 Å². The molecule has 40 heavy (non-hydrogen) atoms. The molecule has 4 aromatic rings. The number of rotatable bonds is 10. The molecular weight excluding hydrogens is 530 g/mol. The first-order valence-electron chi connectivity index (χ1n) is 12.4. The first kappa shape index (κ1) is 28.1. The smallest absolute Gasteiger partial charge is 0.315 e. The van der Waals surface area contributed by atoms with Crippen molar-refractivity contribution in [3.05, 3.63) is 124 Å². The quantitative estimate of drug-likeness (QED) is 0.110. The molecule has 0 saturated carbocycles. The lowest BCUT2D eigenvalue weighted by Gasteiger charge is -2.11. The molecule has 0 aromatic heterocycles. The Morgan fingerprint density at radius 2 is 1.50 bits per heavy atom. The Kier molecular flexibility index (Phi) is 9.63. The molecule has 2 amide bonds. The Bertz CT molecular complexity index is 1500. The fraction of sp³-hybridized carbons (Fsp3) is 0.0968. The van der Waals surface area contributed by atoms with Crippen LogP contribution in [0.15, 0.2) is 102 Å². The normalized spacial score (nSPS) is 10.7. The molecule has 0 aliphatic carbocycles. The second kappa shape index (κ2) is 13.7. The van der Waals surface area contributed by atoms with Gasteiger partial charge < -0.3 is 14.8 Å². The van der Waals surface area contributed by atoms with Gasteiger partial charge in [0.1, 0.15) is 0 Å². The van der Waals surface area contributed by atoms with Gasteiger partial charge in [-0.2, -0.15) is 5.10 Å². The SMILES string of the molecule is CCOc1cc(/C=N\NC(=O)c2ccc(NC(=O)c3ccc(Cl)cc3)cc2)ccc1OC(=O)Cc1ccccc1. The third-order valence-corrected chi connectivity index (χ3v) is 5.83. The van der Waals surface area contributed by atoms with E-state index in [2.05, 4.69) is 15.8 Å². The highest BCUT2D eigenvalue weighted by Crippen LogP contribution is 2.28. The van der Waals surface area contributed by atoms with Gasteiger partial charge in [-0.15, -0.1) is 0 Å². The van der Waals surface area contributed by atoms with E-state index in [4.69, 9.17) is 21.1 Å². The molecule has 2 N–H and O–H groups in total. The zero-order chi connectivity index (χ0) is 28.3. The number of halogens is 1. The first-order valence-corrected chi connectivity index (χ1v) is 12.8. The van der Waals surface area contributed by atoms with E-state index in [1.165, 1.54) is 6.21 Å². The molecule has 0 aliphatic heterocycles. The summed E-state index contributed by atoms with van der Waals surface area (Å²) in [5.74, 6) is -0.441. The van der Waals surface area contributed by atoms with E-state index in [-0.39, 0.29) is 12.3 Å². The number of nitrogens with zero attached hydrogens (tertiary/aromatic N) is 1. The number of amides is 2. The van der Waals surface area contributed by atoms with Gasteiger partial charge in [-0.05, 0) is 84.8 Å². The number of hydrazone groups is 1. The summed E-state index contributed by atoms with van der Waals surface area (Å²) in [6.45, 7) is 2.20. The molecule has 202 valence electrons. The van der Waals surface area contributed by atoms with Crippen LogP contribution in [0.5, 0.6) is 11.5 Å². The summed E-state index contributed by atoms with van der Waals surface area (Å²) in [6, 6.07) is 27.2. The van der Waals surface area contributed by atoms with Crippen molar-refractivity contribution in [2.75, 3.05) is 11.9 Å². The second-order valence-electron chi connectivity index (χ2n) is 8.51. The van der Waals surface area contributed by atoms with Gasteiger partial charge >= 0.3 is 5.97 Å². The molecule has 0 unspecified atom stereocenters. The van der Waals surface area contributed by atoms with Crippen LogP contribution in [0, 0.1) is 0 Å². The van der Waals surface area contributed by atoms with E-state index in [0.717, 1.165) is 5.56 Å². The summed E-state index contributed by atoms with van der Waals surface area (Å²) >= 11 is 5.86. The maximum Gasteiger partial charge on any atom is 0.315 e. The number of carbonyl (C=O) groups excluding carboxylic acids is 3. The van der Waals surface area contributed by atoms with E-state index in [1.807, 2.05) is 37.3 Å². The number of anilines is 1. The summed E-state index contributed by atoms with van der Waals surface area (Å²) in [6.07, 6.45) is 1.59.